The highest BCUT2D eigenvalue weighted by atomic mass is 32.2. The molecule has 0 bridgehead atoms. The van der Waals surface area contributed by atoms with Crippen LogP contribution in [-0.2, 0) is 16.7 Å². The summed E-state index contributed by atoms with van der Waals surface area (Å²) in [6.45, 7) is 3.32. The summed E-state index contributed by atoms with van der Waals surface area (Å²) in [4.78, 5) is 0. The summed E-state index contributed by atoms with van der Waals surface area (Å²) in [5.41, 5.74) is 2.13. The SMILES string of the molecule is CCC(CS(=O)(=O)O)C1CNCc2cc(OC)c(OC)cc21. The Morgan fingerprint density at radius 1 is 1.32 bits per heavy atom. The van der Waals surface area contributed by atoms with E-state index in [1.54, 1.807) is 14.2 Å². The molecule has 0 radical (unpaired) electrons. The minimum absolute atomic E-state index is 0.00970. The average Bonchev–Trinajstić information content (AvgIpc) is 2.49. The molecule has 1 aliphatic rings. The number of nitrogens with one attached hydrogen (secondary N) is 1. The van der Waals surface area contributed by atoms with E-state index < -0.39 is 10.1 Å². The Labute approximate surface area is 131 Å². The summed E-state index contributed by atoms with van der Waals surface area (Å²) >= 11 is 0. The van der Waals surface area contributed by atoms with Crippen molar-refractivity contribution in [3.63, 3.8) is 0 Å². The largest absolute Gasteiger partial charge is 0.493 e. The fourth-order valence-electron chi connectivity index (χ4n) is 3.12. The van der Waals surface area contributed by atoms with Gasteiger partial charge in [0.15, 0.2) is 11.5 Å². The van der Waals surface area contributed by atoms with Crippen LogP contribution in [0.5, 0.6) is 11.5 Å². The quantitative estimate of drug-likeness (QED) is 0.774. The van der Waals surface area contributed by atoms with Crippen molar-refractivity contribution < 1.29 is 22.4 Å². The summed E-state index contributed by atoms with van der Waals surface area (Å²) in [5, 5.41) is 3.31. The van der Waals surface area contributed by atoms with E-state index in [9.17, 15) is 13.0 Å². The van der Waals surface area contributed by atoms with Gasteiger partial charge < -0.3 is 14.8 Å². The average molecular weight is 329 g/mol. The maximum Gasteiger partial charge on any atom is 0.265 e. The highest BCUT2D eigenvalue weighted by Crippen LogP contribution is 2.39. The van der Waals surface area contributed by atoms with E-state index in [4.69, 9.17) is 9.47 Å². The van der Waals surface area contributed by atoms with Gasteiger partial charge in [0.1, 0.15) is 0 Å². The van der Waals surface area contributed by atoms with Crippen LogP contribution >= 0.6 is 0 Å². The molecule has 2 N–H and O–H groups in total. The van der Waals surface area contributed by atoms with E-state index in [0.29, 0.717) is 31.0 Å². The molecule has 2 rings (SSSR count). The van der Waals surface area contributed by atoms with Crippen LogP contribution in [-0.4, -0.2) is 39.5 Å². The molecule has 0 amide bonds. The molecule has 0 saturated heterocycles. The highest BCUT2D eigenvalue weighted by Gasteiger charge is 2.31. The fraction of sp³-hybridized carbons (Fsp3) is 0.600. The lowest BCUT2D eigenvalue weighted by Gasteiger charge is -2.32. The summed E-state index contributed by atoms with van der Waals surface area (Å²) < 4.78 is 42.4. The van der Waals surface area contributed by atoms with Gasteiger partial charge in [-0.2, -0.15) is 8.42 Å². The first-order valence-corrected chi connectivity index (χ1v) is 8.91. The third-order valence-electron chi connectivity index (χ3n) is 4.24. The Kier molecular flexibility index (Phi) is 5.31. The van der Waals surface area contributed by atoms with Crippen LogP contribution in [0.15, 0.2) is 12.1 Å². The van der Waals surface area contributed by atoms with Gasteiger partial charge in [-0.05, 0) is 29.2 Å². The predicted octanol–water partition coefficient (Wildman–Crippen LogP) is 1.80. The van der Waals surface area contributed by atoms with Crippen LogP contribution in [0.3, 0.4) is 0 Å². The number of ether oxygens (including phenoxy) is 2. The molecular formula is C15H23NO5S. The third kappa shape index (κ3) is 3.71. The van der Waals surface area contributed by atoms with E-state index >= 15 is 0 Å². The molecule has 1 aromatic carbocycles. The van der Waals surface area contributed by atoms with Crippen molar-refractivity contribution in [1.82, 2.24) is 5.32 Å². The van der Waals surface area contributed by atoms with E-state index in [1.807, 2.05) is 19.1 Å². The Morgan fingerprint density at radius 3 is 2.50 bits per heavy atom. The molecule has 22 heavy (non-hydrogen) atoms. The highest BCUT2D eigenvalue weighted by molar-refractivity contribution is 7.85. The van der Waals surface area contributed by atoms with Gasteiger partial charge in [-0.25, -0.2) is 0 Å². The summed E-state index contributed by atoms with van der Waals surface area (Å²) in [7, 11) is -0.832. The Morgan fingerprint density at radius 2 is 1.95 bits per heavy atom. The van der Waals surface area contributed by atoms with Crippen LogP contribution in [0.1, 0.15) is 30.4 Å². The molecular weight excluding hydrogens is 306 g/mol. The molecule has 1 aliphatic heterocycles. The number of methoxy groups -OCH3 is 2. The van der Waals surface area contributed by atoms with Crippen molar-refractivity contribution in [2.24, 2.45) is 5.92 Å². The summed E-state index contributed by atoms with van der Waals surface area (Å²) in [6.07, 6.45) is 0.667. The zero-order chi connectivity index (χ0) is 16.3. The molecule has 0 aromatic heterocycles. The fourth-order valence-corrected chi connectivity index (χ4v) is 4.13. The lowest BCUT2D eigenvalue weighted by atomic mass is 9.81. The second-order valence-electron chi connectivity index (χ2n) is 5.56. The van der Waals surface area contributed by atoms with Crippen LogP contribution in [0.4, 0.5) is 0 Å². The molecule has 0 saturated carbocycles. The Bertz CT molecular complexity index is 629. The van der Waals surface area contributed by atoms with Crippen molar-refractivity contribution in [1.29, 1.82) is 0 Å². The van der Waals surface area contributed by atoms with E-state index in [0.717, 1.165) is 11.1 Å². The van der Waals surface area contributed by atoms with Gasteiger partial charge in [0.05, 0.1) is 20.0 Å². The van der Waals surface area contributed by atoms with Crippen LogP contribution in [0.2, 0.25) is 0 Å². The van der Waals surface area contributed by atoms with Crippen LogP contribution in [0, 0.1) is 5.92 Å². The molecule has 0 fully saturated rings. The molecule has 7 heteroatoms. The van der Waals surface area contributed by atoms with E-state index in [2.05, 4.69) is 5.32 Å². The van der Waals surface area contributed by atoms with Gasteiger partial charge in [0.25, 0.3) is 10.1 Å². The molecule has 0 spiro atoms. The van der Waals surface area contributed by atoms with Crippen molar-refractivity contribution in [3.8, 4) is 11.5 Å². The predicted molar refractivity (Wildman–Crippen MR) is 84.2 cm³/mol. The van der Waals surface area contributed by atoms with Crippen LogP contribution < -0.4 is 14.8 Å². The number of fused-ring (bicyclic) bond motifs is 1. The first-order chi connectivity index (χ1) is 10.4. The van der Waals surface area contributed by atoms with Gasteiger partial charge in [-0.3, -0.25) is 4.55 Å². The lowest BCUT2D eigenvalue weighted by molar-refractivity contribution is 0.347. The topological polar surface area (TPSA) is 84.9 Å². The molecule has 6 nitrogen and oxygen atoms in total. The number of hydrogen-bond donors (Lipinski definition) is 2. The second kappa shape index (κ2) is 6.85. The molecule has 2 atom stereocenters. The first-order valence-electron chi connectivity index (χ1n) is 7.30. The minimum atomic E-state index is -4.00. The normalized spacial score (nSPS) is 19.4. The maximum absolute atomic E-state index is 11.3. The molecule has 1 aromatic rings. The Hall–Kier alpha value is -1.31. The second-order valence-corrected chi connectivity index (χ2v) is 7.06. The van der Waals surface area contributed by atoms with Gasteiger partial charge in [0.2, 0.25) is 0 Å². The maximum atomic E-state index is 11.3. The third-order valence-corrected chi connectivity index (χ3v) is 5.09. The van der Waals surface area contributed by atoms with Crippen molar-refractivity contribution >= 4 is 10.1 Å². The molecule has 1 heterocycles. The van der Waals surface area contributed by atoms with Gasteiger partial charge >= 0.3 is 0 Å². The van der Waals surface area contributed by atoms with Crippen molar-refractivity contribution in [3.05, 3.63) is 23.3 Å². The van der Waals surface area contributed by atoms with Crippen LogP contribution in [0.25, 0.3) is 0 Å². The van der Waals surface area contributed by atoms with Gasteiger partial charge in [0, 0.05) is 19.0 Å². The molecule has 0 aliphatic carbocycles. The Balaban J connectivity index is 2.42. The lowest BCUT2D eigenvalue weighted by Crippen LogP contribution is -2.35. The number of benzene rings is 1. The van der Waals surface area contributed by atoms with Crippen molar-refractivity contribution in [2.45, 2.75) is 25.8 Å². The van der Waals surface area contributed by atoms with E-state index in [1.165, 1.54) is 0 Å². The summed E-state index contributed by atoms with van der Waals surface area (Å²) in [6, 6.07) is 3.85. The molecule has 124 valence electrons. The van der Waals surface area contributed by atoms with Crippen molar-refractivity contribution in [2.75, 3.05) is 26.5 Å². The number of hydrogen-bond acceptors (Lipinski definition) is 5. The minimum Gasteiger partial charge on any atom is -0.493 e. The first kappa shape index (κ1) is 17.1. The standard InChI is InChI=1S/C15H23NO5S/c1-4-10(9-22(17,18)19)13-8-16-7-11-5-14(20-2)15(21-3)6-12(11)13/h5-6,10,13,16H,4,7-9H2,1-3H3,(H,17,18,19). The van der Waals surface area contributed by atoms with Gasteiger partial charge in [-0.15, -0.1) is 0 Å². The smallest absolute Gasteiger partial charge is 0.265 e. The van der Waals surface area contributed by atoms with Gasteiger partial charge in [-0.1, -0.05) is 13.3 Å². The number of rotatable bonds is 6. The van der Waals surface area contributed by atoms with E-state index in [-0.39, 0.29) is 17.6 Å². The monoisotopic (exact) mass is 329 g/mol. The summed E-state index contributed by atoms with van der Waals surface area (Å²) in [5.74, 6) is 0.917. The zero-order valence-electron chi connectivity index (χ0n) is 13.1. The zero-order valence-corrected chi connectivity index (χ0v) is 13.9. The molecule has 2 unspecified atom stereocenters.